The first-order valence-electron chi connectivity index (χ1n) is 4.76. The molecular weight excluding hydrogens is 351 g/mol. The van der Waals surface area contributed by atoms with Gasteiger partial charge in [-0.2, -0.15) is 0 Å². The van der Waals surface area contributed by atoms with Crippen LogP contribution in [0.15, 0.2) is 35.5 Å². The van der Waals surface area contributed by atoms with Crippen LogP contribution in [0.4, 0.5) is 0 Å². The third kappa shape index (κ3) is 3.01. The Morgan fingerprint density at radius 2 is 2.12 bits per heavy atom. The molecule has 0 bridgehead atoms. The van der Waals surface area contributed by atoms with E-state index in [1.165, 1.54) is 0 Å². The van der Waals surface area contributed by atoms with Crippen LogP contribution >= 0.6 is 8.93 Å². The molecule has 1 aromatic carbocycles. The second-order valence-corrected chi connectivity index (χ2v) is 8.08. The minimum atomic E-state index is -0.914. The molecule has 0 amide bonds. The molecule has 1 aromatic heterocycles. The summed E-state index contributed by atoms with van der Waals surface area (Å²) in [5.41, 5.74) is 1.19. The Morgan fingerprint density at radius 1 is 1.41 bits per heavy atom. The number of hydrogen-bond acceptors (Lipinski definition) is 3. The van der Waals surface area contributed by atoms with E-state index in [1.807, 2.05) is 6.20 Å². The van der Waals surface area contributed by atoms with Gasteiger partial charge in [0.2, 0.25) is 0 Å². The second-order valence-electron chi connectivity index (χ2n) is 3.21. The average molecular weight is 361 g/mol. The molecule has 0 radical (unpaired) electrons. The third-order valence-corrected chi connectivity index (χ3v) is 5.39. The van der Waals surface area contributed by atoms with Crippen LogP contribution in [0.3, 0.4) is 0 Å². The molecule has 1 heterocycles. The fourth-order valence-corrected chi connectivity index (χ4v) is 3.83. The molecule has 17 heavy (non-hydrogen) atoms. The quantitative estimate of drug-likeness (QED) is 0.570. The Kier molecular flexibility index (Phi) is 4.06. The van der Waals surface area contributed by atoms with E-state index in [1.54, 1.807) is 33.2 Å². The van der Waals surface area contributed by atoms with Crippen LogP contribution < -0.4 is 19.8 Å². The molecule has 0 saturated carbocycles. The van der Waals surface area contributed by atoms with Gasteiger partial charge in [-0.05, 0) is 0 Å². The summed E-state index contributed by atoms with van der Waals surface area (Å²) >= 11 is 0.126. The van der Waals surface area contributed by atoms with Gasteiger partial charge in [0.25, 0.3) is 0 Å². The van der Waals surface area contributed by atoms with Crippen molar-refractivity contribution < 1.29 is 29.7 Å². The molecule has 0 saturated heterocycles. The second kappa shape index (κ2) is 5.54. The van der Waals surface area contributed by atoms with Crippen LogP contribution in [0, 0.1) is 0 Å². The number of imidazole rings is 1. The van der Waals surface area contributed by atoms with Gasteiger partial charge < -0.3 is 0 Å². The number of rotatable bonds is 4. The number of aromatic nitrogens is 2. The predicted molar refractivity (Wildman–Crippen MR) is 62.8 cm³/mol. The summed E-state index contributed by atoms with van der Waals surface area (Å²) in [6.07, 6.45) is 1.81. The Hall–Kier alpha value is -1.02. The summed E-state index contributed by atoms with van der Waals surface area (Å²) < 4.78 is 0. The van der Waals surface area contributed by atoms with Crippen LogP contribution in [0.1, 0.15) is 10.4 Å². The average Bonchev–Trinajstić information content (AvgIpc) is 2.78. The summed E-state index contributed by atoms with van der Waals surface area (Å²) in [5.74, 6) is -0.134. The van der Waals surface area contributed by atoms with Gasteiger partial charge in [-0.1, -0.05) is 0 Å². The number of carboxylic acid groups (broad SMARTS) is 1. The normalized spacial score (nSPS) is 10.6. The summed E-state index contributed by atoms with van der Waals surface area (Å²) in [5, 5.41) is 9.86. The number of hydrogen-bond donors (Lipinski definition) is 2. The monoisotopic (exact) mass is 361 g/mol. The van der Waals surface area contributed by atoms with Crippen LogP contribution in [-0.2, 0) is 0 Å². The molecule has 0 fully saturated rings. The molecule has 0 atom stereocenters. The van der Waals surface area contributed by atoms with E-state index >= 15 is 0 Å². The zero-order chi connectivity index (χ0) is 12.3. The fraction of sp³-hybridized carbons (Fsp3) is 0.0909. The van der Waals surface area contributed by atoms with Crippen molar-refractivity contribution in [1.29, 1.82) is 0 Å². The molecule has 0 aliphatic rings. The van der Waals surface area contributed by atoms with Gasteiger partial charge in [-0.15, -0.1) is 0 Å². The molecular formula is C11H10IN2O2S-. The van der Waals surface area contributed by atoms with E-state index in [9.17, 15) is 4.79 Å². The maximum absolute atomic E-state index is 10.7. The molecule has 2 aromatic rings. The number of carboxylic acids is 1. The number of benzene rings is 1. The fourth-order valence-electron chi connectivity index (χ4n) is 1.34. The topological polar surface area (TPSA) is 66.0 Å². The van der Waals surface area contributed by atoms with Crippen LogP contribution in [0.2, 0.25) is 0 Å². The molecule has 2 rings (SSSR count). The number of aromatic amines is 1. The van der Waals surface area contributed by atoms with Crippen molar-refractivity contribution in [2.75, 3.05) is 4.93 Å². The number of nitrogens with one attached hydrogen (secondary N) is 1. The van der Waals surface area contributed by atoms with Crippen molar-refractivity contribution in [2.24, 2.45) is 0 Å². The van der Waals surface area contributed by atoms with E-state index in [2.05, 4.69) is 14.9 Å². The number of carbonyl (C=O) groups is 1. The van der Waals surface area contributed by atoms with Crippen molar-refractivity contribution in [1.82, 2.24) is 9.97 Å². The first kappa shape index (κ1) is 12.4. The van der Waals surface area contributed by atoms with Crippen LogP contribution in [-0.4, -0.2) is 26.0 Å². The number of alkyl halides is 1. The Morgan fingerprint density at radius 3 is 2.71 bits per heavy atom. The molecule has 0 aliphatic heterocycles. The van der Waals surface area contributed by atoms with Gasteiger partial charge in [0.15, 0.2) is 0 Å². The first-order chi connectivity index (χ1) is 8.20. The van der Waals surface area contributed by atoms with Gasteiger partial charge in [0.1, 0.15) is 0 Å². The molecule has 0 spiro atoms. The molecule has 4 nitrogen and oxygen atoms in total. The number of halogens is 1. The summed E-state index contributed by atoms with van der Waals surface area (Å²) in [7, 11) is 1.80. The summed E-state index contributed by atoms with van der Waals surface area (Å²) in [6, 6.07) is 6.69. The first-order valence-corrected chi connectivity index (χ1v) is 10.3. The van der Waals surface area contributed by atoms with E-state index < -0.39 is 5.97 Å². The molecule has 6 heteroatoms. The maximum atomic E-state index is 10.7. The minimum absolute atomic E-state index is 0.126. The van der Waals surface area contributed by atoms with Crippen molar-refractivity contribution in [3.63, 3.8) is 0 Å². The molecule has 0 unspecified atom stereocenters. The number of nitrogens with zero attached hydrogens (tertiary/aromatic N) is 1. The zero-order valence-electron chi connectivity index (χ0n) is 8.98. The zero-order valence-corrected chi connectivity index (χ0v) is 11.9. The van der Waals surface area contributed by atoms with Crippen LogP contribution in [0.25, 0.3) is 11.4 Å². The van der Waals surface area contributed by atoms with Gasteiger partial charge in [-0.25, -0.2) is 0 Å². The van der Waals surface area contributed by atoms with Crippen molar-refractivity contribution in [3.8, 4) is 11.4 Å². The van der Waals surface area contributed by atoms with E-state index in [0.717, 1.165) is 16.4 Å². The summed E-state index contributed by atoms with van der Waals surface area (Å²) in [6.45, 7) is 0. The molecule has 2 N–H and O–H groups in total. The standard InChI is InChI=1S/C11H10IN2O2S/c1-12-17-9-6-13-10(14-9)7-2-4-8(5-3-7)11(15)16/h2-6H,1H3,(H,13,14)(H,15,16)/q-1. The van der Waals surface area contributed by atoms with Gasteiger partial charge in [0.05, 0.1) is 0 Å². The predicted octanol–water partition coefficient (Wildman–Crippen LogP) is -0.499. The Labute approximate surface area is 112 Å². The van der Waals surface area contributed by atoms with Crippen molar-refractivity contribution in [2.45, 2.75) is 5.03 Å². The molecule has 0 aliphatic carbocycles. The van der Waals surface area contributed by atoms with Gasteiger partial charge >= 0.3 is 112 Å². The van der Waals surface area contributed by atoms with E-state index in [4.69, 9.17) is 5.11 Å². The van der Waals surface area contributed by atoms with E-state index in [0.29, 0.717) is 0 Å². The van der Waals surface area contributed by atoms with Gasteiger partial charge in [-0.3, -0.25) is 0 Å². The van der Waals surface area contributed by atoms with Crippen LogP contribution in [0.5, 0.6) is 0 Å². The Bertz CT molecular complexity index is 525. The molecule has 90 valence electrons. The van der Waals surface area contributed by atoms with Crippen molar-refractivity contribution in [3.05, 3.63) is 36.0 Å². The van der Waals surface area contributed by atoms with Gasteiger partial charge in [0, 0.05) is 0 Å². The number of H-pyrrole nitrogens is 1. The third-order valence-electron chi connectivity index (χ3n) is 2.12. The van der Waals surface area contributed by atoms with E-state index in [-0.39, 0.29) is 25.4 Å². The Balaban J connectivity index is 2.23. The SMILES string of the molecule is C[I-]Sc1cnc(-c2ccc(C(=O)O)cc2)[nH]1. The number of aromatic carboxylic acids is 1. The summed E-state index contributed by atoms with van der Waals surface area (Å²) in [4.78, 5) is 20.4. The van der Waals surface area contributed by atoms with Crippen molar-refractivity contribution >= 4 is 14.9 Å².